The first kappa shape index (κ1) is 23.8. The third-order valence-electron chi connectivity index (χ3n) is 5.43. The van der Waals surface area contributed by atoms with Crippen LogP contribution in [0, 0.1) is 0 Å². The summed E-state index contributed by atoms with van der Waals surface area (Å²) in [5.41, 5.74) is 0. The van der Waals surface area contributed by atoms with E-state index in [0.29, 0.717) is 6.79 Å². The van der Waals surface area contributed by atoms with Crippen molar-refractivity contribution in [1.82, 2.24) is 0 Å². The van der Waals surface area contributed by atoms with Crippen molar-refractivity contribution >= 4 is 22.0 Å². The Kier molecular flexibility index (Phi) is 13.5. The summed E-state index contributed by atoms with van der Waals surface area (Å²) in [7, 11) is 0. The Hall–Kier alpha value is -0.221. The van der Waals surface area contributed by atoms with E-state index in [9.17, 15) is 0 Å². The fourth-order valence-electron chi connectivity index (χ4n) is 3.77. The molecule has 0 radical (unpaired) electrons. The van der Waals surface area contributed by atoms with Gasteiger partial charge in [0.1, 0.15) is 0 Å². The van der Waals surface area contributed by atoms with Gasteiger partial charge >= 0.3 is 167 Å². The average molecular weight is 469 g/mol. The zero-order valence-corrected chi connectivity index (χ0v) is 20.7. The molecule has 1 aromatic carbocycles. The molecule has 0 aromatic heterocycles. The summed E-state index contributed by atoms with van der Waals surface area (Å²) in [5, 5.41) is 0. The van der Waals surface area contributed by atoms with E-state index >= 15 is 0 Å². The van der Waals surface area contributed by atoms with Crippen LogP contribution in [0.4, 0.5) is 0 Å². The average Bonchev–Trinajstić information content (AvgIpc) is 2.68. The molecule has 1 rings (SSSR count). The zero-order chi connectivity index (χ0) is 19.1. The maximum atomic E-state index is 6.16. The minimum atomic E-state index is -2.45. The normalized spacial score (nSPS) is 11.7. The van der Waals surface area contributed by atoms with E-state index in [-0.39, 0.29) is 0 Å². The molecule has 150 valence electrons. The van der Waals surface area contributed by atoms with Crippen LogP contribution in [0.1, 0.15) is 79.1 Å². The fourth-order valence-corrected chi connectivity index (χ4v) is 20.3. The van der Waals surface area contributed by atoms with E-state index in [1.165, 1.54) is 58.3 Å². The molecule has 0 fully saturated rings. The van der Waals surface area contributed by atoms with Gasteiger partial charge in [-0.25, -0.2) is 0 Å². The summed E-state index contributed by atoms with van der Waals surface area (Å²) in [6.45, 7) is 10.4. The minimum absolute atomic E-state index is 0.397. The van der Waals surface area contributed by atoms with Gasteiger partial charge in [-0.1, -0.05) is 0 Å². The van der Waals surface area contributed by atoms with Gasteiger partial charge in [-0.15, -0.1) is 0 Å². The fraction of sp³-hybridized carbons (Fsp3) is 0.739. The van der Waals surface area contributed by atoms with E-state index < -0.39 is 18.4 Å². The van der Waals surface area contributed by atoms with Gasteiger partial charge in [0, 0.05) is 0 Å². The van der Waals surface area contributed by atoms with Crippen LogP contribution < -0.4 is 8.32 Å². The van der Waals surface area contributed by atoms with Crippen molar-refractivity contribution in [3.63, 3.8) is 0 Å². The molecular weight excluding hydrogens is 427 g/mol. The number of unbranched alkanes of at least 4 members (excludes halogenated alkanes) is 4. The first-order valence-electron chi connectivity index (χ1n) is 11.0. The summed E-state index contributed by atoms with van der Waals surface area (Å²) >= 11 is -2.45. The Morgan fingerprint density at radius 2 is 1.27 bits per heavy atom. The molecule has 2 nitrogen and oxygen atoms in total. The molecule has 0 atom stereocenters. The molecular formula is C23H42O2Sn. The SMILES string of the molecule is CCCCOCOc1cccc[c]1[Sn]([CH2]CCC)([CH2]CCC)[CH2]CCC. The molecule has 26 heavy (non-hydrogen) atoms. The number of hydrogen-bond donors (Lipinski definition) is 0. The van der Waals surface area contributed by atoms with Crippen molar-refractivity contribution in [3.8, 4) is 5.75 Å². The van der Waals surface area contributed by atoms with Crippen molar-refractivity contribution in [3.05, 3.63) is 24.3 Å². The molecule has 0 saturated heterocycles. The van der Waals surface area contributed by atoms with Gasteiger partial charge < -0.3 is 0 Å². The zero-order valence-electron chi connectivity index (χ0n) is 17.8. The summed E-state index contributed by atoms with van der Waals surface area (Å²) in [6, 6.07) is 8.95. The third-order valence-corrected chi connectivity index (χ3v) is 21.1. The third kappa shape index (κ3) is 8.20. The second kappa shape index (κ2) is 14.8. The Labute approximate surface area is 166 Å². The Morgan fingerprint density at radius 3 is 1.81 bits per heavy atom. The predicted molar refractivity (Wildman–Crippen MR) is 117 cm³/mol. The van der Waals surface area contributed by atoms with Gasteiger partial charge in [0.25, 0.3) is 0 Å². The van der Waals surface area contributed by atoms with Gasteiger partial charge in [-0.05, 0) is 0 Å². The van der Waals surface area contributed by atoms with E-state index in [2.05, 4.69) is 52.0 Å². The van der Waals surface area contributed by atoms with E-state index in [1.807, 2.05) is 0 Å². The Bertz CT molecular complexity index is 440. The van der Waals surface area contributed by atoms with E-state index in [0.717, 1.165) is 18.8 Å². The molecule has 0 aliphatic carbocycles. The molecule has 0 aliphatic heterocycles. The molecule has 0 bridgehead atoms. The monoisotopic (exact) mass is 470 g/mol. The van der Waals surface area contributed by atoms with Crippen LogP contribution in [0.15, 0.2) is 24.3 Å². The first-order valence-corrected chi connectivity index (χ1v) is 18.5. The number of benzene rings is 1. The van der Waals surface area contributed by atoms with E-state index in [1.54, 1.807) is 3.58 Å². The van der Waals surface area contributed by atoms with Crippen LogP contribution in [-0.2, 0) is 4.74 Å². The van der Waals surface area contributed by atoms with Gasteiger partial charge in [-0.2, -0.15) is 0 Å². The van der Waals surface area contributed by atoms with Crippen molar-refractivity contribution in [2.24, 2.45) is 0 Å². The molecule has 1 aromatic rings. The van der Waals surface area contributed by atoms with Crippen molar-refractivity contribution in [2.45, 2.75) is 92.4 Å². The topological polar surface area (TPSA) is 18.5 Å². The molecule has 0 unspecified atom stereocenters. The van der Waals surface area contributed by atoms with Gasteiger partial charge in [-0.3, -0.25) is 0 Å². The summed E-state index contributed by atoms with van der Waals surface area (Å²) in [5.74, 6) is 1.13. The molecule has 0 spiro atoms. The van der Waals surface area contributed by atoms with Gasteiger partial charge in [0.15, 0.2) is 0 Å². The first-order chi connectivity index (χ1) is 12.7. The molecule has 0 aliphatic rings. The summed E-state index contributed by atoms with van der Waals surface area (Å²) in [4.78, 5) is 0. The predicted octanol–water partition coefficient (Wildman–Crippen LogP) is 6.90. The van der Waals surface area contributed by atoms with Crippen molar-refractivity contribution < 1.29 is 9.47 Å². The number of rotatable bonds is 16. The van der Waals surface area contributed by atoms with Crippen LogP contribution in [0.25, 0.3) is 0 Å². The van der Waals surface area contributed by atoms with Crippen LogP contribution >= 0.6 is 0 Å². The Morgan fingerprint density at radius 1 is 0.731 bits per heavy atom. The van der Waals surface area contributed by atoms with Gasteiger partial charge in [0.2, 0.25) is 0 Å². The van der Waals surface area contributed by atoms with Crippen molar-refractivity contribution in [1.29, 1.82) is 0 Å². The van der Waals surface area contributed by atoms with Crippen LogP contribution in [0.3, 0.4) is 0 Å². The standard InChI is InChI=1S/C11H15O2.3C4H9.Sn/c1-2-3-9-12-10-13-11-7-5-4-6-8-11;3*1-3-4-2;/h4-7H,2-3,9-10H2,1H3;3*1,3-4H2,2H3;. The maximum absolute atomic E-state index is 6.16. The molecule has 0 N–H and O–H groups in total. The number of ether oxygens (including phenoxy) is 2. The van der Waals surface area contributed by atoms with E-state index in [4.69, 9.17) is 9.47 Å². The Balaban J connectivity index is 3.01. The molecule has 0 heterocycles. The van der Waals surface area contributed by atoms with Crippen LogP contribution in [-0.4, -0.2) is 31.8 Å². The van der Waals surface area contributed by atoms with Crippen LogP contribution in [0.5, 0.6) is 5.75 Å². The summed E-state index contributed by atoms with van der Waals surface area (Å²) < 4.78 is 17.9. The quantitative estimate of drug-likeness (QED) is 0.149. The summed E-state index contributed by atoms with van der Waals surface area (Å²) in [6.07, 6.45) is 10.3. The molecule has 0 amide bonds. The van der Waals surface area contributed by atoms with Gasteiger partial charge in [0.05, 0.1) is 0 Å². The number of hydrogen-bond acceptors (Lipinski definition) is 2. The van der Waals surface area contributed by atoms with Crippen molar-refractivity contribution in [2.75, 3.05) is 13.4 Å². The van der Waals surface area contributed by atoms with Crippen LogP contribution in [0.2, 0.25) is 13.3 Å². The number of para-hydroxylation sites is 1. The molecule has 3 heteroatoms. The molecule has 0 saturated carbocycles. The second-order valence-corrected chi connectivity index (χ2v) is 20.7. The second-order valence-electron chi connectivity index (χ2n) is 7.61.